The van der Waals surface area contributed by atoms with Gasteiger partial charge in [0.05, 0.1) is 25.7 Å². The lowest BCUT2D eigenvalue weighted by molar-refractivity contribution is -0.385. The van der Waals surface area contributed by atoms with E-state index in [4.69, 9.17) is 23.7 Å². The number of methoxy groups -OCH3 is 2. The predicted octanol–water partition coefficient (Wildman–Crippen LogP) is 2.84. The summed E-state index contributed by atoms with van der Waals surface area (Å²) in [6.45, 7) is -0.0194. The lowest BCUT2D eigenvalue weighted by atomic mass is 10.1. The first-order valence-corrected chi connectivity index (χ1v) is 7.94. The number of fused-ring (bicyclic) bond motifs is 1. The van der Waals surface area contributed by atoms with Crippen molar-refractivity contribution >= 4 is 11.7 Å². The van der Waals surface area contributed by atoms with E-state index in [2.05, 4.69) is 0 Å². The van der Waals surface area contributed by atoms with Crippen molar-refractivity contribution in [3.05, 3.63) is 57.1 Å². The van der Waals surface area contributed by atoms with Crippen molar-refractivity contribution < 1.29 is 33.4 Å². The third-order valence-corrected chi connectivity index (χ3v) is 3.97. The molecule has 9 heteroatoms. The van der Waals surface area contributed by atoms with Gasteiger partial charge in [-0.15, -0.1) is 0 Å². The highest BCUT2D eigenvalue weighted by Gasteiger charge is 2.24. The van der Waals surface area contributed by atoms with Crippen LogP contribution in [0.1, 0.15) is 21.5 Å². The van der Waals surface area contributed by atoms with Gasteiger partial charge in [0, 0.05) is 23.3 Å². The first-order chi connectivity index (χ1) is 13.0. The van der Waals surface area contributed by atoms with Crippen molar-refractivity contribution in [3.63, 3.8) is 0 Å². The Morgan fingerprint density at radius 1 is 1.22 bits per heavy atom. The maximum Gasteiger partial charge on any atom is 0.346 e. The molecule has 0 saturated heterocycles. The predicted molar refractivity (Wildman–Crippen MR) is 92.0 cm³/mol. The van der Waals surface area contributed by atoms with Gasteiger partial charge >= 0.3 is 5.97 Å². The Labute approximate surface area is 154 Å². The van der Waals surface area contributed by atoms with Crippen molar-refractivity contribution in [2.75, 3.05) is 21.0 Å². The fourth-order valence-electron chi connectivity index (χ4n) is 2.76. The highest BCUT2D eigenvalue weighted by molar-refractivity contribution is 5.95. The fraction of sp³-hybridized carbons (Fsp3) is 0.278. The lowest BCUT2D eigenvalue weighted by Gasteiger charge is -2.20. The number of nitro groups is 1. The molecule has 3 rings (SSSR count). The van der Waals surface area contributed by atoms with Gasteiger partial charge in [0.25, 0.3) is 5.69 Å². The maximum absolute atomic E-state index is 12.6. The number of carbonyl (C=O) groups excluding carboxylic acids is 1. The van der Waals surface area contributed by atoms with Crippen molar-refractivity contribution in [3.8, 4) is 17.2 Å². The van der Waals surface area contributed by atoms with E-state index in [1.165, 1.54) is 26.4 Å². The molecule has 1 aliphatic heterocycles. The molecule has 9 nitrogen and oxygen atoms in total. The second-order valence-corrected chi connectivity index (χ2v) is 5.57. The molecule has 0 fully saturated rings. The average Bonchev–Trinajstić information content (AvgIpc) is 2.70. The van der Waals surface area contributed by atoms with E-state index in [0.717, 1.165) is 0 Å². The zero-order valence-electron chi connectivity index (χ0n) is 14.7. The molecule has 1 heterocycles. The number of benzene rings is 2. The molecular weight excluding hydrogens is 358 g/mol. The molecule has 0 bridgehead atoms. The van der Waals surface area contributed by atoms with E-state index >= 15 is 0 Å². The molecule has 0 N–H and O–H groups in total. The SMILES string of the molecule is COc1cccc(OC)c1C(=O)OCc1cc([N+](=O)[O-])cc2c1OCOC2. The summed E-state index contributed by atoms with van der Waals surface area (Å²) in [6.07, 6.45) is 0. The fourth-order valence-corrected chi connectivity index (χ4v) is 2.76. The quantitative estimate of drug-likeness (QED) is 0.431. The molecular formula is C18H17NO8. The van der Waals surface area contributed by atoms with Crippen LogP contribution in [0.25, 0.3) is 0 Å². The van der Waals surface area contributed by atoms with Crippen LogP contribution < -0.4 is 14.2 Å². The van der Waals surface area contributed by atoms with Crippen LogP contribution in [0.15, 0.2) is 30.3 Å². The molecule has 0 unspecified atom stereocenters. The van der Waals surface area contributed by atoms with Gasteiger partial charge in [0.2, 0.25) is 0 Å². The van der Waals surface area contributed by atoms with E-state index in [1.807, 2.05) is 0 Å². The van der Waals surface area contributed by atoms with Crippen LogP contribution in [0.5, 0.6) is 17.2 Å². The molecule has 2 aromatic carbocycles. The highest BCUT2D eigenvalue weighted by Crippen LogP contribution is 2.34. The molecule has 0 aliphatic carbocycles. The number of hydrogen-bond acceptors (Lipinski definition) is 8. The minimum atomic E-state index is -0.684. The minimum absolute atomic E-state index is 0.0199. The number of esters is 1. The molecule has 142 valence electrons. The molecule has 1 aliphatic rings. The van der Waals surface area contributed by atoms with Gasteiger partial charge in [0.1, 0.15) is 29.4 Å². The van der Waals surface area contributed by atoms with Gasteiger partial charge in [-0.25, -0.2) is 4.79 Å². The third kappa shape index (κ3) is 3.77. The van der Waals surface area contributed by atoms with Crippen LogP contribution in [0, 0.1) is 10.1 Å². The van der Waals surface area contributed by atoms with Crippen LogP contribution >= 0.6 is 0 Å². The summed E-state index contributed by atoms with van der Waals surface area (Å²) in [5, 5.41) is 11.1. The second kappa shape index (κ2) is 7.92. The monoisotopic (exact) mass is 375 g/mol. The van der Waals surface area contributed by atoms with Gasteiger partial charge in [-0.2, -0.15) is 0 Å². The normalized spacial score (nSPS) is 12.5. The summed E-state index contributed by atoms with van der Waals surface area (Å²) < 4.78 is 26.3. The Hall–Kier alpha value is -3.33. The van der Waals surface area contributed by atoms with E-state index in [9.17, 15) is 14.9 Å². The first-order valence-electron chi connectivity index (χ1n) is 7.94. The van der Waals surface area contributed by atoms with E-state index in [0.29, 0.717) is 28.4 Å². The van der Waals surface area contributed by atoms with Gasteiger partial charge in [-0.05, 0) is 12.1 Å². The molecule has 0 saturated carbocycles. The Balaban J connectivity index is 1.88. The van der Waals surface area contributed by atoms with Crippen molar-refractivity contribution in [2.24, 2.45) is 0 Å². The Morgan fingerprint density at radius 3 is 2.56 bits per heavy atom. The molecule has 0 atom stereocenters. The Kier molecular flexibility index (Phi) is 5.41. The topological polar surface area (TPSA) is 106 Å². The first kappa shape index (κ1) is 18.5. The van der Waals surface area contributed by atoms with Gasteiger partial charge < -0.3 is 23.7 Å². The summed E-state index contributed by atoms with van der Waals surface area (Å²) in [5.74, 6) is 0.332. The van der Waals surface area contributed by atoms with Crippen LogP contribution in [-0.2, 0) is 22.7 Å². The summed E-state index contributed by atoms with van der Waals surface area (Å²) in [7, 11) is 2.85. The summed E-state index contributed by atoms with van der Waals surface area (Å²) in [4.78, 5) is 23.2. The smallest absolute Gasteiger partial charge is 0.346 e. The Bertz CT molecular complexity index is 858. The van der Waals surface area contributed by atoms with Crippen LogP contribution in [0.3, 0.4) is 0 Å². The zero-order valence-corrected chi connectivity index (χ0v) is 14.7. The molecule has 27 heavy (non-hydrogen) atoms. The maximum atomic E-state index is 12.6. The van der Waals surface area contributed by atoms with Gasteiger partial charge in [-0.3, -0.25) is 10.1 Å². The van der Waals surface area contributed by atoms with Gasteiger partial charge in [-0.1, -0.05) is 6.07 Å². The number of non-ortho nitro benzene ring substituents is 1. The average molecular weight is 375 g/mol. The number of nitrogens with zero attached hydrogens (tertiary/aromatic N) is 1. The highest BCUT2D eigenvalue weighted by atomic mass is 16.7. The van der Waals surface area contributed by atoms with E-state index in [1.54, 1.807) is 18.2 Å². The largest absolute Gasteiger partial charge is 0.496 e. The third-order valence-electron chi connectivity index (χ3n) is 3.97. The van der Waals surface area contributed by atoms with Crippen LogP contribution in [-0.4, -0.2) is 31.9 Å². The number of hydrogen-bond donors (Lipinski definition) is 0. The number of rotatable bonds is 6. The van der Waals surface area contributed by atoms with E-state index < -0.39 is 10.9 Å². The molecule has 2 aromatic rings. The molecule has 0 aromatic heterocycles. The Morgan fingerprint density at radius 2 is 1.93 bits per heavy atom. The molecule has 0 spiro atoms. The van der Waals surface area contributed by atoms with Crippen molar-refractivity contribution in [1.82, 2.24) is 0 Å². The minimum Gasteiger partial charge on any atom is -0.496 e. The summed E-state index contributed by atoms with van der Waals surface area (Å²) in [5.41, 5.74) is 0.899. The molecule has 0 amide bonds. The molecule has 0 radical (unpaired) electrons. The van der Waals surface area contributed by atoms with Crippen LogP contribution in [0.4, 0.5) is 5.69 Å². The lowest BCUT2D eigenvalue weighted by Crippen LogP contribution is -2.15. The van der Waals surface area contributed by atoms with Crippen molar-refractivity contribution in [2.45, 2.75) is 13.2 Å². The van der Waals surface area contributed by atoms with Gasteiger partial charge in [0.15, 0.2) is 6.79 Å². The number of carbonyl (C=O) groups is 1. The standard InChI is InChI=1S/C18H17NO8/c1-23-14-4-3-5-15(24-2)16(14)18(20)26-9-12-7-13(19(21)22)6-11-8-25-10-27-17(11)12/h3-7H,8-10H2,1-2H3. The summed E-state index contributed by atoms with van der Waals surface area (Å²) in [6, 6.07) is 7.59. The number of nitro benzene ring substituents is 1. The van der Waals surface area contributed by atoms with Crippen LogP contribution in [0.2, 0.25) is 0 Å². The van der Waals surface area contributed by atoms with Crippen molar-refractivity contribution in [1.29, 1.82) is 0 Å². The number of ether oxygens (including phenoxy) is 5. The van der Waals surface area contributed by atoms with E-state index in [-0.39, 0.29) is 31.3 Å². The zero-order chi connectivity index (χ0) is 19.4. The second-order valence-electron chi connectivity index (χ2n) is 5.57. The summed E-state index contributed by atoms with van der Waals surface area (Å²) >= 11 is 0.